The van der Waals surface area contributed by atoms with E-state index in [1.54, 1.807) is 0 Å². The molecule has 0 fully saturated rings. The molecule has 0 aromatic heterocycles. The van der Waals surface area contributed by atoms with Crippen molar-refractivity contribution < 1.29 is 4.74 Å². The average molecular weight is 256 g/mol. The first-order chi connectivity index (χ1) is 8.10. The topological polar surface area (TPSA) is 21.3 Å². The molecule has 2 nitrogen and oxygen atoms in total. The Morgan fingerprint density at radius 1 is 1.35 bits per heavy atom. The molecule has 3 heteroatoms. The zero-order chi connectivity index (χ0) is 12.8. The van der Waals surface area contributed by atoms with Gasteiger partial charge in [-0.25, -0.2) is 0 Å². The number of ether oxygens (including phenoxy) is 1. The van der Waals surface area contributed by atoms with E-state index in [-0.39, 0.29) is 12.1 Å². The number of halogens is 1. The highest BCUT2D eigenvalue weighted by Gasteiger charge is 2.19. The smallest absolute Gasteiger partial charge is 0.0741 e. The van der Waals surface area contributed by atoms with Crippen molar-refractivity contribution in [2.24, 2.45) is 0 Å². The Morgan fingerprint density at radius 2 is 2.06 bits per heavy atom. The summed E-state index contributed by atoms with van der Waals surface area (Å²) in [6, 6.07) is 6.39. The zero-order valence-electron chi connectivity index (χ0n) is 11.1. The van der Waals surface area contributed by atoms with E-state index >= 15 is 0 Å². The molecule has 0 spiro atoms. The predicted molar refractivity (Wildman–Crippen MR) is 73.7 cm³/mol. The molecular formula is C14H22ClNO. The van der Waals surface area contributed by atoms with Gasteiger partial charge in [0.2, 0.25) is 0 Å². The van der Waals surface area contributed by atoms with Gasteiger partial charge in [-0.05, 0) is 44.5 Å². The van der Waals surface area contributed by atoms with E-state index in [0.717, 1.165) is 23.7 Å². The second-order valence-electron chi connectivity index (χ2n) is 4.20. The highest BCUT2D eigenvalue weighted by atomic mass is 35.5. The van der Waals surface area contributed by atoms with Gasteiger partial charge in [0.1, 0.15) is 0 Å². The number of benzene rings is 1. The van der Waals surface area contributed by atoms with E-state index in [2.05, 4.69) is 31.3 Å². The minimum Gasteiger partial charge on any atom is -0.377 e. The molecule has 0 radical (unpaired) electrons. The Kier molecular flexibility index (Phi) is 5.96. The number of rotatable bonds is 6. The lowest BCUT2D eigenvalue weighted by molar-refractivity contribution is 0.0477. The quantitative estimate of drug-likeness (QED) is 0.837. The maximum Gasteiger partial charge on any atom is 0.0741 e. The van der Waals surface area contributed by atoms with Crippen LogP contribution in [0.3, 0.4) is 0 Å². The van der Waals surface area contributed by atoms with Gasteiger partial charge in [-0.3, -0.25) is 0 Å². The van der Waals surface area contributed by atoms with Gasteiger partial charge in [0.25, 0.3) is 0 Å². The molecule has 0 saturated carbocycles. The predicted octanol–water partition coefficient (Wildman–Crippen LogP) is 3.72. The fourth-order valence-corrected chi connectivity index (χ4v) is 2.13. The third kappa shape index (κ3) is 3.98. The normalized spacial score (nSPS) is 14.6. The fourth-order valence-electron chi connectivity index (χ4n) is 1.94. The highest BCUT2D eigenvalue weighted by Crippen LogP contribution is 2.24. The van der Waals surface area contributed by atoms with Gasteiger partial charge < -0.3 is 10.1 Å². The van der Waals surface area contributed by atoms with Crippen LogP contribution in [0, 0.1) is 6.92 Å². The summed E-state index contributed by atoms with van der Waals surface area (Å²) in [4.78, 5) is 0. The Hall–Kier alpha value is -0.570. The molecule has 96 valence electrons. The Morgan fingerprint density at radius 3 is 2.59 bits per heavy atom. The third-order valence-electron chi connectivity index (χ3n) is 2.88. The summed E-state index contributed by atoms with van der Waals surface area (Å²) in [6.45, 7) is 9.85. The Bertz CT molecular complexity index is 354. The SMILES string of the molecule is CCNC(c1ccc(C)c(Cl)c1)C(C)OCC. The number of aryl methyl sites for hydroxylation is 1. The van der Waals surface area contributed by atoms with Crippen LogP contribution in [0.5, 0.6) is 0 Å². The summed E-state index contributed by atoms with van der Waals surface area (Å²) in [6.07, 6.45) is 0.138. The van der Waals surface area contributed by atoms with Crippen molar-refractivity contribution in [2.75, 3.05) is 13.2 Å². The second-order valence-corrected chi connectivity index (χ2v) is 4.61. The number of nitrogens with one attached hydrogen (secondary N) is 1. The maximum atomic E-state index is 6.17. The van der Waals surface area contributed by atoms with Crippen molar-refractivity contribution in [2.45, 2.75) is 39.8 Å². The standard InChI is InChI=1S/C14H22ClNO/c1-5-16-14(11(4)17-6-2)12-8-7-10(3)13(15)9-12/h7-9,11,14,16H,5-6H2,1-4H3. The maximum absolute atomic E-state index is 6.17. The van der Waals surface area contributed by atoms with Crippen LogP contribution in [0.25, 0.3) is 0 Å². The largest absolute Gasteiger partial charge is 0.377 e. The molecule has 2 unspecified atom stereocenters. The van der Waals surface area contributed by atoms with Crippen LogP contribution < -0.4 is 5.32 Å². The summed E-state index contributed by atoms with van der Waals surface area (Å²) in [5, 5.41) is 4.26. The molecule has 0 bridgehead atoms. The number of hydrogen-bond donors (Lipinski definition) is 1. The molecule has 1 N–H and O–H groups in total. The van der Waals surface area contributed by atoms with Crippen LogP contribution in [0.15, 0.2) is 18.2 Å². The lowest BCUT2D eigenvalue weighted by Crippen LogP contribution is -2.32. The summed E-state index contributed by atoms with van der Waals surface area (Å²) in [5.41, 5.74) is 2.29. The van der Waals surface area contributed by atoms with Gasteiger partial charge in [0, 0.05) is 11.6 Å². The van der Waals surface area contributed by atoms with Crippen LogP contribution in [-0.4, -0.2) is 19.3 Å². The summed E-state index contributed by atoms with van der Waals surface area (Å²) in [5.74, 6) is 0. The van der Waals surface area contributed by atoms with Gasteiger partial charge in [0.15, 0.2) is 0 Å². The van der Waals surface area contributed by atoms with Crippen LogP contribution in [0.1, 0.15) is 37.9 Å². The average Bonchev–Trinajstić information content (AvgIpc) is 2.30. The van der Waals surface area contributed by atoms with Gasteiger partial charge in [-0.1, -0.05) is 30.7 Å². The summed E-state index contributed by atoms with van der Waals surface area (Å²) in [7, 11) is 0. The Balaban J connectivity index is 2.92. The van der Waals surface area contributed by atoms with E-state index in [1.807, 2.05) is 19.9 Å². The molecule has 0 aliphatic rings. The first-order valence-electron chi connectivity index (χ1n) is 6.21. The van der Waals surface area contributed by atoms with Crippen LogP contribution >= 0.6 is 11.6 Å². The minimum absolute atomic E-state index is 0.138. The van der Waals surface area contributed by atoms with Gasteiger partial charge >= 0.3 is 0 Å². The van der Waals surface area contributed by atoms with E-state index in [9.17, 15) is 0 Å². The molecule has 17 heavy (non-hydrogen) atoms. The molecule has 0 amide bonds. The van der Waals surface area contributed by atoms with Crippen LogP contribution in [0.2, 0.25) is 5.02 Å². The zero-order valence-corrected chi connectivity index (χ0v) is 11.8. The molecule has 1 aromatic rings. The fraction of sp³-hybridized carbons (Fsp3) is 0.571. The monoisotopic (exact) mass is 255 g/mol. The molecule has 0 heterocycles. The molecule has 0 aliphatic carbocycles. The van der Waals surface area contributed by atoms with Gasteiger partial charge in [-0.15, -0.1) is 0 Å². The van der Waals surface area contributed by atoms with Crippen LogP contribution in [-0.2, 0) is 4.74 Å². The Labute approximate surface area is 109 Å². The van der Waals surface area contributed by atoms with Gasteiger partial charge in [0.05, 0.1) is 12.1 Å². The lowest BCUT2D eigenvalue weighted by Gasteiger charge is -2.25. The second kappa shape index (κ2) is 7.00. The number of likely N-dealkylation sites (N-methyl/N-ethyl adjacent to an activating group) is 1. The van der Waals surface area contributed by atoms with E-state index in [1.165, 1.54) is 5.56 Å². The highest BCUT2D eigenvalue weighted by molar-refractivity contribution is 6.31. The lowest BCUT2D eigenvalue weighted by atomic mass is 10.0. The molecule has 0 saturated heterocycles. The van der Waals surface area contributed by atoms with Crippen LogP contribution in [0.4, 0.5) is 0 Å². The van der Waals surface area contributed by atoms with E-state index in [4.69, 9.17) is 16.3 Å². The van der Waals surface area contributed by atoms with Crippen molar-refractivity contribution in [3.8, 4) is 0 Å². The van der Waals surface area contributed by atoms with Crippen molar-refractivity contribution in [1.82, 2.24) is 5.32 Å². The molecule has 0 aliphatic heterocycles. The first kappa shape index (κ1) is 14.5. The summed E-state index contributed by atoms with van der Waals surface area (Å²) >= 11 is 6.17. The summed E-state index contributed by atoms with van der Waals surface area (Å²) < 4.78 is 5.68. The van der Waals surface area contributed by atoms with E-state index in [0.29, 0.717) is 0 Å². The van der Waals surface area contributed by atoms with Crippen molar-refractivity contribution in [3.63, 3.8) is 0 Å². The van der Waals surface area contributed by atoms with Crippen molar-refractivity contribution in [3.05, 3.63) is 34.3 Å². The van der Waals surface area contributed by atoms with Crippen molar-refractivity contribution in [1.29, 1.82) is 0 Å². The third-order valence-corrected chi connectivity index (χ3v) is 3.29. The molecular weight excluding hydrogens is 234 g/mol. The first-order valence-corrected chi connectivity index (χ1v) is 6.59. The number of hydrogen-bond acceptors (Lipinski definition) is 2. The minimum atomic E-state index is 0.138. The molecule has 2 atom stereocenters. The molecule has 1 aromatic carbocycles. The van der Waals surface area contributed by atoms with Gasteiger partial charge in [-0.2, -0.15) is 0 Å². The van der Waals surface area contributed by atoms with Crippen molar-refractivity contribution >= 4 is 11.6 Å². The molecule has 1 rings (SSSR count). The van der Waals surface area contributed by atoms with E-state index < -0.39 is 0 Å².